The minimum absolute atomic E-state index is 0.137. The Morgan fingerprint density at radius 3 is 2.26 bits per heavy atom. The Morgan fingerprint density at radius 2 is 1.62 bits per heavy atom. The Kier molecular flexibility index (Phi) is 9.16. The van der Waals surface area contributed by atoms with Crippen LogP contribution in [0.25, 0.3) is 0 Å². The number of piperidine rings is 1. The maximum Gasteiger partial charge on any atom is 0.309 e. The van der Waals surface area contributed by atoms with Gasteiger partial charge in [-0.2, -0.15) is 0 Å². The van der Waals surface area contributed by atoms with E-state index < -0.39 is 11.8 Å². The lowest BCUT2D eigenvalue weighted by Crippen LogP contribution is -2.40. The van der Waals surface area contributed by atoms with Gasteiger partial charge in [-0.05, 0) is 62.2 Å². The van der Waals surface area contributed by atoms with Crippen molar-refractivity contribution in [2.24, 2.45) is 5.92 Å². The van der Waals surface area contributed by atoms with E-state index in [-0.39, 0.29) is 23.1 Å². The number of rotatable bonds is 7. The molecule has 2 aromatic carbocycles. The smallest absolute Gasteiger partial charge is 0.309 e. The second-order valence-electron chi connectivity index (χ2n) is 8.90. The molecule has 202 valence electrons. The minimum atomic E-state index is -0.502. The van der Waals surface area contributed by atoms with Crippen LogP contribution >= 0.6 is 23.2 Å². The van der Waals surface area contributed by atoms with E-state index in [1.165, 1.54) is 12.3 Å². The van der Waals surface area contributed by atoms with Crippen LogP contribution in [0.3, 0.4) is 0 Å². The SMILES string of the molecule is CCOC(=O)C1CCN(C(=N)c2ccc(C(=O)Nc3ccc(Cl)cc3C(=O)Nc3ccc(Cl)cn3)cc2)CC1. The fourth-order valence-corrected chi connectivity index (χ4v) is 4.49. The molecule has 0 radical (unpaired) electrons. The number of hydrogen-bond acceptors (Lipinski definition) is 6. The third-order valence-corrected chi connectivity index (χ3v) is 6.75. The molecule has 0 unspecified atom stereocenters. The van der Waals surface area contributed by atoms with Crippen molar-refractivity contribution < 1.29 is 19.1 Å². The quantitative estimate of drug-likeness (QED) is 0.197. The number of aromatic nitrogens is 1. The molecular formula is C28H27Cl2N5O4. The molecule has 11 heteroatoms. The summed E-state index contributed by atoms with van der Waals surface area (Å²) in [5, 5.41) is 14.8. The van der Waals surface area contributed by atoms with Crippen molar-refractivity contribution in [3.63, 3.8) is 0 Å². The predicted molar refractivity (Wildman–Crippen MR) is 151 cm³/mol. The van der Waals surface area contributed by atoms with Crippen LogP contribution in [-0.4, -0.2) is 53.2 Å². The van der Waals surface area contributed by atoms with E-state index in [2.05, 4.69) is 15.6 Å². The van der Waals surface area contributed by atoms with Crippen molar-refractivity contribution in [1.29, 1.82) is 5.41 Å². The minimum Gasteiger partial charge on any atom is -0.466 e. The zero-order valence-corrected chi connectivity index (χ0v) is 22.7. The third-order valence-electron chi connectivity index (χ3n) is 6.30. The van der Waals surface area contributed by atoms with Crippen molar-refractivity contribution in [3.05, 3.63) is 87.5 Å². The molecule has 0 atom stereocenters. The largest absolute Gasteiger partial charge is 0.466 e. The van der Waals surface area contributed by atoms with Gasteiger partial charge in [-0.3, -0.25) is 19.8 Å². The van der Waals surface area contributed by atoms with Crippen molar-refractivity contribution in [1.82, 2.24) is 9.88 Å². The maximum atomic E-state index is 13.0. The Labute approximate surface area is 236 Å². The first-order chi connectivity index (χ1) is 18.7. The second-order valence-corrected chi connectivity index (χ2v) is 9.77. The molecule has 1 aromatic heterocycles. The molecular weight excluding hydrogens is 541 g/mol. The number of nitrogens with zero attached hydrogens (tertiary/aromatic N) is 2. The number of likely N-dealkylation sites (tertiary alicyclic amines) is 1. The second kappa shape index (κ2) is 12.7. The first-order valence-corrected chi connectivity index (χ1v) is 13.1. The van der Waals surface area contributed by atoms with Gasteiger partial charge < -0.3 is 20.3 Å². The first kappa shape index (κ1) is 28.1. The topological polar surface area (TPSA) is 124 Å². The summed E-state index contributed by atoms with van der Waals surface area (Å²) in [7, 11) is 0. The number of anilines is 2. The van der Waals surface area contributed by atoms with Gasteiger partial charge in [0.25, 0.3) is 11.8 Å². The van der Waals surface area contributed by atoms with Crippen molar-refractivity contribution in [2.45, 2.75) is 19.8 Å². The van der Waals surface area contributed by atoms with Gasteiger partial charge in [-0.15, -0.1) is 0 Å². The third kappa shape index (κ3) is 7.13. The zero-order chi connectivity index (χ0) is 27.9. The molecule has 1 aliphatic heterocycles. The van der Waals surface area contributed by atoms with Gasteiger partial charge in [-0.1, -0.05) is 35.3 Å². The molecule has 0 bridgehead atoms. The van der Waals surface area contributed by atoms with Crippen LogP contribution in [0.5, 0.6) is 0 Å². The molecule has 3 N–H and O–H groups in total. The molecule has 2 amide bonds. The van der Waals surface area contributed by atoms with Gasteiger partial charge in [0.2, 0.25) is 0 Å². The summed E-state index contributed by atoms with van der Waals surface area (Å²) in [6, 6.07) is 14.4. The fourth-order valence-electron chi connectivity index (χ4n) is 4.20. The molecule has 1 aliphatic rings. The number of nitrogens with one attached hydrogen (secondary N) is 3. The average molecular weight is 568 g/mol. The van der Waals surface area contributed by atoms with E-state index in [1.54, 1.807) is 55.5 Å². The highest BCUT2D eigenvalue weighted by molar-refractivity contribution is 6.31. The average Bonchev–Trinajstić information content (AvgIpc) is 2.95. The van der Waals surface area contributed by atoms with Crippen molar-refractivity contribution in [3.8, 4) is 0 Å². The highest BCUT2D eigenvalue weighted by Crippen LogP contribution is 2.24. The summed E-state index contributed by atoms with van der Waals surface area (Å²) >= 11 is 12.0. The van der Waals surface area contributed by atoms with E-state index in [4.69, 9.17) is 33.3 Å². The number of carbonyl (C=O) groups excluding carboxylic acids is 3. The molecule has 0 spiro atoms. The number of hydrogen-bond donors (Lipinski definition) is 3. The Morgan fingerprint density at radius 1 is 0.949 bits per heavy atom. The number of ether oxygens (including phenoxy) is 1. The summed E-state index contributed by atoms with van der Waals surface area (Å²) in [5.41, 5.74) is 1.45. The highest BCUT2D eigenvalue weighted by atomic mass is 35.5. The molecule has 2 heterocycles. The summed E-state index contributed by atoms with van der Waals surface area (Å²) in [6.45, 7) is 3.32. The van der Waals surface area contributed by atoms with Crippen LogP contribution in [0.15, 0.2) is 60.8 Å². The van der Waals surface area contributed by atoms with Crippen molar-refractivity contribution in [2.75, 3.05) is 30.3 Å². The molecule has 0 aliphatic carbocycles. The van der Waals surface area contributed by atoms with E-state index in [0.717, 1.165) is 0 Å². The highest BCUT2D eigenvalue weighted by Gasteiger charge is 2.27. The molecule has 3 aromatic rings. The Bertz CT molecular complexity index is 1370. The van der Waals surface area contributed by atoms with Gasteiger partial charge in [0.15, 0.2) is 0 Å². The van der Waals surface area contributed by atoms with Crippen LogP contribution in [0.1, 0.15) is 46.0 Å². The number of amides is 2. The van der Waals surface area contributed by atoms with Crippen LogP contribution in [0.2, 0.25) is 10.0 Å². The van der Waals surface area contributed by atoms with Crippen molar-refractivity contribution >= 4 is 58.3 Å². The number of benzene rings is 2. The lowest BCUT2D eigenvalue weighted by molar-refractivity contribution is -0.149. The van der Waals surface area contributed by atoms with Crippen LogP contribution < -0.4 is 10.6 Å². The molecule has 1 saturated heterocycles. The normalized spacial score (nSPS) is 13.5. The molecule has 9 nitrogen and oxygen atoms in total. The Hall–Kier alpha value is -3.95. The first-order valence-electron chi connectivity index (χ1n) is 12.4. The summed E-state index contributed by atoms with van der Waals surface area (Å²) < 4.78 is 5.11. The van der Waals surface area contributed by atoms with E-state index >= 15 is 0 Å². The summed E-state index contributed by atoms with van der Waals surface area (Å²) in [5.74, 6) is -0.617. The monoisotopic (exact) mass is 567 g/mol. The zero-order valence-electron chi connectivity index (χ0n) is 21.2. The van der Waals surface area contributed by atoms with E-state index in [9.17, 15) is 14.4 Å². The summed E-state index contributed by atoms with van der Waals surface area (Å²) in [6.07, 6.45) is 2.67. The van der Waals surface area contributed by atoms with Gasteiger partial charge in [0, 0.05) is 35.4 Å². The Balaban J connectivity index is 1.40. The number of pyridine rings is 1. The fraction of sp³-hybridized carbons (Fsp3) is 0.250. The van der Waals surface area contributed by atoms with Crippen LogP contribution in [0, 0.1) is 11.3 Å². The van der Waals surface area contributed by atoms with Crippen LogP contribution in [0.4, 0.5) is 11.5 Å². The lowest BCUT2D eigenvalue weighted by atomic mass is 9.96. The molecule has 0 saturated carbocycles. The summed E-state index contributed by atoms with van der Waals surface area (Å²) in [4.78, 5) is 43.8. The lowest BCUT2D eigenvalue weighted by Gasteiger charge is -2.32. The number of amidine groups is 1. The van der Waals surface area contributed by atoms with Gasteiger partial charge in [-0.25, -0.2) is 4.98 Å². The van der Waals surface area contributed by atoms with E-state index in [1.807, 2.05) is 4.90 Å². The number of esters is 1. The predicted octanol–water partition coefficient (Wildman–Crippen LogP) is 5.49. The van der Waals surface area contributed by atoms with Gasteiger partial charge in [0.05, 0.1) is 28.8 Å². The maximum absolute atomic E-state index is 13.0. The molecule has 4 rings (SSSR count). The standard InChI is InChI=1S/C28H27Cl2N5O4/c1-2-39-28(38)19-11-13-35(14-12-19)25(31)17-3-5-18(6-4-17)26(36)33-23-9-7-20(29)15-22(23)27(37)34-24-10-8-21(30)16-32-24/h3-10,15-16,19,31H,2,11-14H2,1H3,(H,33,36)(H,32,34,37). The molecule has 39 heavy (non-hydrogen) atoms. The molecule has 1 fully saturated rings. The van der Waals surface area contributed by atoms with E-state index in [0.29, 0.717) is 65.4 Å². The van der Waals surface area contributed by atoms with Gasteiger partial charge in [0.1, 0.15) is 11.7 Å². The van der Waals surface area contributed by atoms with Gasteiger partial charge >= 0.3 is 5.97 Å². The number of halogens is 2. The van der Waals surface area contributed by atoms with Crippen LogP contribution in [-0.2, 0) is 9.53 Å². The number of carbonyl (C=O) groups is 3.